The summed E-state index contributed by atoms with van der Waals surface area (Å²) in [6, 6.07) is 29.4. The number of hydrogen-bond donors (Lipinski definition) is 0. The SMILES string of the molecule is COC(c1ccccc1)c1cncn1Cc1ccc(-c2ccccc2)cc1. The molecule has 0 radical (unpaired) electrons. The van der Waals surface area contributed by atoms with Crippen LogP contribution in [0.25, 0.3) is 11.1 Å². The van der Waals surface area contributed by atoms with Crippen LogP contribution in [0.5, 0.6) is 0 Å². The Kier molecular flexibility index (Phi) is 5.13. The largest absolute Gasteiger partial charge is 0.370 e. The predicted molar refractivity (Wildman–Crippen MR) is 109 cm³/mol. The highest BCUT2D eigenvalue weighted by atomic mass is 16.5. The smallest absolute Gasteiger partial charge is 0.124 e. The van der Waals surface area contributed by atoms with Gasteiger partial charge in [0, 0.05) is 13.7 Å². The van der Waals surface area contributed by atoms with Crippen LogP contribution in [0, 0.1) is 0 Å². The first-order valence-electron chi connectivity index (χ1n) is 9.07. The molecule has 0 saturated heterocycles. The third kappa shape index (κ3) is 3.83. The molecule has 3 aromatic carbocycles. The van der Waals surface area contributed by atoms with Gasteiger partial charge in [-0.25, -0.2) is 4.98 Å². The Morgan fingerprint density at radius 1 is 0.815 bits per heavy atom. The Labute approximate surface area is 159 Å². The summed E-state index contributed by atoms with van der Waals surface area (Å²) in [5.41, 5.74) is 5.87. The van der Waals surface area contributed by atoms with E-state index in [1.807, 2.05) is 36.8 Å². The number of ether oxygens (including phenoxy) is 1. The molecule has 0 N–H and O–H groups in total. The van der Waals surface area contributed by atoms with Gasteiger partial charge in [-0.15, -0.1) is 0 Å². The van der Waals surface area contributed by atoms with Crippen molar-refractivity contribution in [2.24, 2.45) is 0 Å². The average molecular weight is 354 g/mol. The van der Waals surface area contributed by atoms with Gasteiger partial charge in [0.1, 0.15) is 6.10 Å². The fraction of sp³-hybridized carbons (Fsp3) is 0.125. The molecule has 0 aliphatic carbocycles. The molecule has 0 aliphatic heterocycles. The molecule has 0 bridgehead atoms. The fourth-order valence-electron chi connectivity index (χ4n) is 3.37. The molecular weight excluding hydrogens is 332 g/mol. The number of nitrogens with zero attached hydrogens (tertiary/aromatic N) is 2. The molecule has 0 amide bonds. The van der Waals surface area contributed by atoms with Crippen LogP contribution in [-0.4, -0.2) is 16.7 Å². The van der Waals surface area contributed by atoms with Gasteiger partial charge < -0.3 is 9.30 Å². The van der Waals surface area contributed by atoms with Crippen molar-refractivity contribution in [1.29, 1.82) is 0 Å². The van der Waals surface area contributed by atoms with Gasteiger partial charge in [0.25, 0.3) is 0 Å². The number of rotatable bonds is 6. The molecule has 0 saturated carbocycles. The molecule has 0 fully saturated rings. The van der Waals surface area contributed by atoms with Crippen molar-refractivity contribution >= 4 is 0 Å². The molecule has 4 rings (SSSR count). The average Bonchev–Trinajstić information content (AvgIpc) is 3.18. The Bertz CT molecular complexity index is 976. The van der Waals surface area contributed by atoms with Gasteiger partial charge >= 0.3 is 0 Å². The summed E-state index contributed by atoms with van der Waals surface area (Å²) in [6.07, 6.45) is 3.63. The van der Waals surface area contributed by atoms with Crippen molar-refractivity contribution in [3.8, 4) is 11.1 Å². The molecule has 4 aromatic rings. The molecule has 3 nitrogen and oxygen atoms in total. The van der Waals surface area contributed by atoms with Gasteiger partial charge in [-0.05, 0) is 22.3 Å². The summed E-state index contributed by atoms with van der Waals surface area (Å²) in [5.74, 6) is 0. The molecule has 0 aliphatic rings. The minimum atomic E-state index is -0.128. The van der Waals surface area contributed by atoms with Gasteiger partial charge in [0.05, 0.1) is 18.2 Å². The van der Waals surface area contributed by atoms with E-state index in [2.05, 4.69) is 70.2 Å². The maximum Gasteiger partial charge on any atom is 0.124 e. The van der Waals surface area contributed by atoms with Crippen LogP contribution in [0.15, 0.2) is 97.5 Å². The first-order valence-corrected chi connectivity index (χ1v) is 9.07. The van der Waals surface area contributed by atoms with Crippen molar-refractivity contribution in [3.05, 3.63) is 114 Å². The fourth-order valence-corrected chi connectivity index (χ4v) is 3.37. The minimum absolute atomic E-state index is 0.128. The standard InChI is InChI=1S/C24H22N2O/c1-27-24(22-10-6-3-7-11-22)23-16-25-18-26(23)17-19-12-14-21(15-13-19)20-8-4-2-5-9-20/h2-16,18,24H,17H2,1H3. The van der Waals surface area contributed by atoms with E-state index in [4.69, 9.17) is 4.74 Å². The predicted octanol–water partition coefficient (Wildman–Crippen LogP) is 5.33. The van der Waals surface area contributed by atoms with E-state index >= 15 is 0 Å². The lowest BCUT2D eigenvalue weighted by Gasteiger charge is -2.18. The Morgan fingerprint density at radius 3 is 2.11 bits per heavy atom. The molecule has 1 aromatic heterocycles. The van der Waals surface area contributed by atoms with Crippen molar-refractivity contribution < 1.29 is 4.74 Å². The molecule has 1 unspecified atom stereocenters. The van der Waals surface area contributed by atoms with E-state index in [0.717, 1.165) is 17.8 Å². The van der Waals surface area contributed by atoms with E-state index in [0.29, 0.717) is 0 Å². The highest BCUT2D eigenvalue weighted by Gasteiger charge is 2.17. The van der Waals surface area contributed by atoms with Gasteiger partial charge in [0.2, 0.25) is 0 Å². The van der Waals surface area contributed by atoms with E-state index < -0.39 is 0 Å². The normalized spacial score (nSPS) is 12.0. The monoisotopic (exact) mass is 354 g/mol. The third-order valence-corrected chi connectivity index (χ3v) is 4.77. The number of benzene rings is 3. The molecule has 1 heterocycles. The summed E-state index contributed by atoms with van der Waals surface area (Å²) in [5, 5.41) is 0. The van der Waals surface area contributed by atoms with Crippen LogP contribution in [0.4, 0.5) is 0 Å². The molecule has 134 valence electrons. The first-order chi connectivity index (χ1) is 13.3. The van der Waals surface area contributed by atoms with E-state index in [1.165, 1.54) is 16.7 Å². The number of imidazole rings is 1. The van der Waals surface area contributed by atoms with E-state index in [9.17, 15) is 0 Å². The van der Waals surface area contributed by atoms with Crippen LogP contribution >= 0.6 is 0 Å². The Balaban J connectivity index is 1.57. The Morgan fingerprint density at radius 2 is 1.44 bits per heavy atom. The zero-order valence-corrected chi connectivity index (χ0v) is 15.3. The van der Waals surface area contributed by atoms with Crippen LogP contribution < -0.4 is 0 Å². The van der Waals surface area contributed by atoms with Crippen LogP contribution in [-0.2, 0) is 11.3 Å². The zero-order chi connectivity index (χ0) is 18.5. The second kappa shape index (κ2) is 8.02. The maximum absolute atomic E-state index is 5.78. The van der Waals surface area contributed by atoms with Gasteiger partial charge in [-0.2, -0.15) is 0 Å². The Hall–Kier alpha value is -3.17. The van der Waals surface area contributed by atoms with Crippen molar-refractivity contribution in [2.45, 2.75) is 12.6 Å². The van der Waals surface area contributed by atoms with Crippen LogP contribution in [0.2, 0.25) is 0 Å². The molecule has 1 atom stereocenters. The quantitative estimate of drug-likeness (QED) is 0.468. The summed E-state index contributed by atoms with van der Waals surface area (Å²) >= 11 is 0. The lowest BCUT2D eigenvalue weighted by atomic mass is 10.0. The number of hydrogen-bond acceptors (Lipinski definition) is 2. The highest BCUT2D eigenvalue weighted by Crippen LogP contribution is 2.26. The summed E-state index contributed by atoms with van der Waals surface area (Å²) < 4.78 is 7.93. The van der Waals surface area contributed by atoms with Gasteiger partial charge in [-0.3, -0.25) is 0 Å². The summed E-state index contributed by atoms with van der Waals surface area (Å²) in [7, 11) is 1.74. The summed E-state index contributed by atoms with van der Waals surface area (Å²) in [6.45, 7) is 0.761. The van der Waals surface area contributed by atoms with Crippen molar-refractivity contribution in [3.63, 3.8) is 0 Å². The lowest BCUT2D eigenvalue weighted by Crippen LogP contribution is -2.11. The topological polar surface area (TPSA) is 27.1 Å². The highest BCUT2D eigenvalue weighted by molar-refractivity contribution is 5.63. The zero-order valence-electron chi connectivity index (χ0n) is 15.3. The van der Waals surface area contributed by atoms with Crippen molar-refractivity contribution in [1.82, 2.24) is 9.55 Å². The summed E-state index contributed by atoms with van der Waals surface area (Å²) in [4.78, 5) is 4.36. The molecule has 0 spiro atoms. The van der Waals surface area contributed by atoms with E-state index in [1.54, 1.807) is 7.11 Å². The maximum atomic E-state index is 5.78. The molecule has 3 heteroatoms. The minimum Gasteiger partial charge on any atom is -0.370 e. The molecular formula is C24H22N2O. The van der Waals surface area contributed by atoms with E-state index in [-0.39, 0.29) is 6.10 Å². The van der Waals surface area contributed by atoms with Crippen LogP contribution in [0.3, 0.4) is 0 Å². The lowest BCUT2D eigenvalue weighted by molar-refractivity contribution is 0.130. The molecule has 27 heavy (non-hydrogen) atoms. The van der Waals surface area contributed by atoms with Crippen molar-refractivity contribution in [2.75, 3.05) is 7.11 Å². The second-order valence-electron chi connectivity index (χ2n) is 6.54. The number of methoxy groups -OCH3 is 1. The second-order valence-corrected chi connectivity index (χ2v) is 6.54. The van der Waals surface area contributed by atoms with Crippen LogP contribution in [0.1, 0.15) is 22.9 Å². The number of aromatic nitrogens is 2. The first kappa shape index (κ1) is 17.3. The van der Waals surface area contributed by atoms with Gasteiger partial charge in [-0.1, -0.05) is 84.9 Å². The third-order valence-electron chi connectivity index (χ3n) is 4.77. The van der Waals surface area contributed by atoms with Gasteiger partial charge in [0.15, 0.2) is 0 Å².